The van der Waals surface area contributed by atoms with Crippen molar-refractivity contribution in [2.45, 2.75) is 84.2 Å². The third kappa shape index (κ3) is 2.55. The van der Waals surface area contributed by atoms with Crippen molar-refractivity contribution < 1.29 is 14.3 Å². The predicted molar refractivity (Wildman–Crippen MR) is 110 cm³/mol. The smallest absolute Gasteiger partial charge is 0.303 e. The van der Waals surface area contributed by atoms with Gasteiger partial charge in [-0.05, 0) is 80.6 Å². The highest BCUT2D eigenvalue weighted by atomic mass is 16.6. The summed E-state index contributed by atoms with van der Waals surface area (Å²) in [6.07, 6.45) is 13.1. The normalized spacial score (nSPS) is 44.5. The number of allylic oxidation sites excluding steroid dienone is 1. The Kier molecular flexibility index (Phi) is 4.74. The summed E-state index contributed by atoms with van der Waals surface area (Å²) in [7, 11) is 0. The van der Waals surface area contributed by atoms with Crippen molar-refractivity contribution in [3.63, 3.8) is 0 Å². The first-order chi connectivity index (χ1) is 13.3. The van der Waals surface area contributed by atoms with Crippen LogP contribution in [0.1, 0.15) is 78.6 Å². The van der Waals surface area contributed by atoms with Crippen molar-refractivity contribution >= 4 is 11.8 Å². The van der Waals surface area contributed by atoms with Gasteiger partial charge in [0.15, 0.2) is 5.78 Å². The maximum absolute atomic E-state index is 12.0. The Morgan fingerprint density at radius 3 is 2.71 bits per heavy atom. The van der Waals surface area contributed by atoms with Crippen LogP contribution in [0.15, 0.2) is 30.0 Å². The van der Waals surface area contributed by atoms with E-state index in [9.17, 15) is 9.59 Å². The summed E-state index contributed by atoms with van der Waals surface area (Å²) in [5.41, 5.74) is 4.08. The first-order valence-corrected chi connectivity index (χ1v) is 11.1. The highest BCUT2D eigenvalue weighted by Gasteiger charge is 2.67. The number of carbonyl (C=O) groups excluding carboxylic acids is 2. The summed E-state index contributed by atoms with van der Waals surface area (Å²) in [6.45, 7) is 10.1. The number of fused-ring (bicyclic) bond motifs is 5. The summed E-state index contributed by atoms with van der Waals surface area (Å²) < 4.78 is 6.08. The molecule has 0 aromatic rings. The lowest BCUT2D eigenvalue weighted by Gasteiger charge is -2.61. The van der Waals surface area contributed by atoms with Gasteiger partial charge in [-0.2, -0.15) is 0 Å². The van der Waals surface area contributed by atoms with Crippen LogP contribution in [-0.2, 0) is 14.3 Å². The maximum atomic E-state index is 12.0. The molecular formula is C25H34O3. The van der Waals surface area contributed by atoms with Gasteiger partial charge in [-0.25, -0.2) is 0 Å². The minimum Gasteiger partial charge on any atom is -0.454 e. The fourth-order valence-corrected chi connectivity index (χ4v) is 8.02. The van der Waals surface area contributed by atoms with E-state index in [0.29, 0.717) is 30.0 Å². The van der Waals surface area contributed by atoms with E-state index >= 15 is 0 Å². The van der Waals surface area contributed by atoms with Crippen LogP contribution in [0.3, 0.4) is 0 Å². The standard InChI is InChI=1S/C25H34O3/c1-5-12-25(28-17(3)26)13-11-22-21-9-7-18-16-19(27)8-10-20(18)23(21,4)14-15-24(22,25)6-2/h12,16,20-22H,1,6-11,13-15H2,2-4H3/t20-,21-,22-,23+,24-,25-/m0/s1. The van der Waals surface area contributed by atoms with Crippen LogP contribution in [0.2, 0.25) is 0 Å². The molecule has 0 bridgehead atoms. The van der Waals surface area contributed by atoms with Crippen LogP contribution in [0, 0.1) is 28.6 Å². The second-order valence-corrected chi connectivity index (χ2v) is 9.91. The van der Waals surface area contributed by atoms with Crippen LogP contribution in [0.5, 0.6) is 0 Å². The Morgan fingerprint density at radius 1 is 1.25 bits per heavy atom. The number of rotatable bonds is 3. The lowest BCUT2D eigenvalue weighted by molar-refractivity contribution is -0.178. The number of ketones is 1. The van der Waals surface area contributed by atoms with E-state index in [1.54, 1.807) is 0 Å². The minimum atomic E-state index is -0.556. The molecule has 3 saturated carbocycles. The summed E-state index contributed by atoms with van der Waals surface area (Å²) in [5.74, 6) is 1.86. The zero-order valence-electron chi connectivity index (χ0n) is 17.7. The lowest BCUT2D eigenvalue weighted by atomic mass is 9.43. The summed E-state index contributed by atoms with van der Waals surface area (Å²) >= 11 is 0. The van der Waals surface area contributed by atoms with Gasteiger partial charge in [-0.1, -0.05) is 26.0 Å². The van der Waals surface area contributed by atoms with Crippen LogP contribution in [-0.4, -0.2) is 17.4 Å². The molecule has 0 unspecified atom stereocenters. The van der Waals surface area contributed by atoms with E-state index in [0.717, 1.165) is 51.4 Å². The quantitative estimate of drug-likeness (QED) is 0.475. The molecule has 4 aliphatic carbocycles. The third-order valence-corrected chi connectivity index (χ3v) is 9.13. The number of carbonyl (C=O) groups is 2. The van der Waals surface area contributed by atoms with E-state index in [2.05, 4.69) is 26.2 Å². The van der Waals surface area contributed by atoms with E-state index in [4.69, 9.17) is 4.74 Å². The molecule has 0 amide bonds. The number of hydrogen-bond acceptors (Lipinski definition) is 3. The zero-order chi connectivity index (χ0) is 20.2. The van der Waals surface area contributed by atoms with Crippen molar-refractivity contribution in [3.05, 3.63) is 30.0 Å². The Hall–Kier alpha value is -1.60. The first kappa shape index (κ1) is 19.7. The first-order valence-electron chi connectivity index (χ1n) is 11.1. The molecule has 4 aliphatic rings. The highest BCUT2D eigenvalue weighted by molar-refractivity contribution is 5.91. The molecule has 28 heavy (non-hydrogen) atoms. The zero-order valence-corrected chi connectivity index (χ0v) is 17.7. The molecule has 152 valence electrons. The molecule has 0 heterocycles. The number of hydrogen-bond donors (Lipinski definition) is 0. The van der Waals surface area contributed by atoms with E-state index < -0.39 is 5.60 Å². The van der Waals surface area contributed by atoms with Gasteiger partial charge in [0.2, 0.25) is 0 Å². The Bertz CT molecular complexity index is 773. The second-order valence-electron chi connectivity index (χ2n) is 9.91. The SMILES string of the molecule is C=C=C[C@]1(OC(C)=O)CC[C@H]2[C@@H]3CCC4=CC(=O)CC[C@@H]4[C@@]3(C)CC[C@@]21CC. The fraction of sp³-hybridized carbons (Fsp3) is 0.720. The van der Waals surface area contributed by atoms with Gasteiger partial charge in [0.1, 0.15) is 5.60 Å². The van der Waals surface area contributed by atoms with Crippen molar-refractivity contribution in [1.29, 1.82) is 0 Å². The summed E-state index contributed by atoms with van der Waals surface area (Å²) in [6, 6.07) is 0. The third-order valence-electron chi connectivity index (χ3n) is 9.13. The van der Waals surface area contributed by atoms with E-state index in [1.165, 1.54) is 12.5 Å². The molecule has 6 atom stereocenters. The summed E-state index contributed by atoms with van der Waals surface area (Å²) in [5, 5.41) is 0. The van der Waals surface area contributed by atoms with Crippen molar-refractivity contribution in [3.8, 4) is 0 Å². The monoisotopic (exact) mass is 382 g/mol. The average Bonchev–Trinajstić information content (AvgIpc) is 2.95. The molecule has 0 aromatic carbocycles. The number of esters is 1. The van der Waals surface area contributed by atoms with Gasteiger partial charge >= 0.3 is 5.97 Å². The molecule has 0 aliphatic heterocycles. The molecule has 3 heteroatoms. The average molecular weight is 383 g/mol. The molecule has 3 nitrogen and oxygen atoms in total. The van der Waals surface area contributed by atoms with Gasteiger partial charge in [0, 0.05) is 24.8 Å². The molecule has 4 rings (SSSR count). The van der Waals surface area contributed by atoms with Crippen LogP contribution >= 0.6 is 0 Å². The highest BCUT2D eigenvalue weighted by Crippen LogP contribution is 2.71. The second kappa shape index (κ2) is 6.73. The molecule has 0 saturated heterocycles. The largest absolute Gasteiger partial charge is 0.454 e. The van der Waals surface area contributed by atoms with Crippen molar-refractivity contribution in [2.24, 2.45) is 28.6 Å². The molecule has 0 spiro atoms. The Balaban J connectivity index is 1.75. The Morgan fingerprint density at radius 2 is 2.04 bits per heavy atom. The van der Waals surface area contributed by atoms with Gasteiger partial charge in [0.25, 0.3) is 0 Å². The van der Waals surface area contributed by atoms with Crippen LogP contribution in [0.25, 0.3) is 0 Å². The van der Waals surface area contributed by atoms with Gasteiger partial charge in [0.05, 0.1) is 0 Å². The van der Waals surface area contributed by atoms with Crippen molar-refractivity contribution in [2.75, 3.05) is 0 Å². The molecular weight excluding hydrogens is 348 g/mol. The molecule has 0 aromatic heterocycles. The molecule has 0 N–H and O–H groups in total. The van der Waals surface area contributed by atoms with E-state index in [1.807, 2.05) is 12.2 Å². The maximum Gasteiger partial charge on any atom is 0.303 e. The van der Waals surface area contributed by atoms with Gasteiger partial charge in [-0.15, -0.1) is 5.73 Å². The van der Waals surface area contributed by atoms with Crippen LogP contribution in [0.4, 0.5) is 0 Å². The van der Waals surface area contributed by atoms with E-state index in [-0.39, 0.29) is 16.8 Å². The lowest BCUT2D eigenvalue weighted by Crippen LogP contribution is -2.58. The van der Waals surface area contributed by atoms with Gasteiger partial charge in [-0.3, -0.25) is 9.59 Å². The number of ether oxygens (including phenoxy) is 1. The van der Waals surface area contributed by atoms with Crippen LogP contribution < -0.4 is 0 Å². The van der Waals surface area contributed by atoms with Crippen molar-refractivity contribution in [1.82, 2.24) is 0 Å². The topological polar surface area (TPSA) is 43.4 Å². The fourth-order valence-electron chi connectivity index (χ4n) is 8.02. The van der Waals surface area contributed by atoms with Gasteiger partial charge < -0.3 is 4.74 Å². The molecule has 3 fully saturated rings. The predicted octanol–water partition coefficient (Wildman–Crippen LogP) is 5.55. The summed E-state index contributed by atoms with van der Waals surface area (Å²) in [4.78, 5) is 24.0. The minimum absolute atomic E-state index is 0.0146. The Labute approximate surface area is 169 Å². The molecule has 0 radical (unpaired) electrons.